The summed E-state index contributed by atoms with van der Waals surface area (Å²) in [5, 5.41) is 0. The summed E-state index contributed by atoms with van der Waals surface area (Å²) in [5.41, 5.74) is 1.48. The molecule has 15 heavy (non-hydrogen) atoms. The van der Waals surface area contributed by atoms with Crippen LogP contribution in [-0.2, 0) is 4.55 Å². The Labute approximate surface area is 109 Å². The Morgan fingerprint density at radius 1 is 1.20 bits per heavy atom. The molecule has 1 rings (SSSR count). The molecule has 0 bridgehead atoms. The molecule has 82 valence electrons. The number of methoxy groups -OCH3 is 1. The highest BCUT2D eigenvalue weighted by atomic mass is 35.5. The molecular formula is C12H19ClMgO. The quantitative estimate of drug-likeness (QED) is 0.544. The summed E-state index contributed by atoms with van der Waals surface area (Å²) in [6.45, 7) is 2.27. The zero-order chi connectivity index (χ0) is 10.2. The van der Waals surface area contributed by atoms with Crippen LogP contribution in [0.2, 0.25) is 4.55 Å². The summed E-state index contributed by atoms with van der Waals surface area (Å²) in [6.07, 6.45) is 2.76. The fraction of sp³-hybridized carbons (Fsp3) is 0.500. The van der Waals surface area contributed by atoms with Gasteiger partial charge < -0.3 is 4.74 Å². The largest absolute Gasteiger partial charge is 0.497 e. The molecule has 0 aliphatic rings. The number of rotatable bonds is 6. The molecule has 0 heterocycles. The van der Waals surface area contributed by atoms with Gasteiger partial charge in [-0.3, -0.25) is 0 Å². The molecule has 0 radical (unpaired) electrons. The molecule has 0 saturated carbocycles. The van der Waals surface area contributed by atoms with Crippen molar-refractivity contribution >= 4 is 32.8 Å². The Hall–Kier alpha value is 0.0762. The molecule has 0 aliphatic heterocycles. The number of unbranched alkanes of at least 4 members (excludes halogenated alkanes) is 1. The Balaban J connectivity index is 0.00000196. The van der Waals surface area contributed by atoms with Crippen LogP contribution in [0.3, 0.4) is 0 Å². The molecule has 0 spiro atoms. The monoisotopic (exact) mass is 238 g/mol. The van der Waals surface area contributed by atoms with E-state index in [1.165, 1.54) is 27.5 Å². The Morgan fingerprint density at radius 2 is 1.87 bits per heavy atom. The van der Waals surface area contributed by atoms with Gasteiger partial charge in [0.1, 0.15) is 5.75 Å². The van der Waals surface area contributed by atoms with E-state index in [4.69, 9.17) is 4.74 Å². The number of halogens is 1. The van der Waals surface area contributed by atoms with Crippen molar-refractivity contribution in [2.24, 2.45) is 0 Å². The van der Waals surface area contributed by atoms with Gasteiger partial charge in [0.15, 0.2) is 0 Å². The van der Waals surface area contributed by atoms with Gasteiger partial charge in [-0.2, -0.15) is 0 Å². The summed E-state index contributed by atoms with van der Waals surface area (Å²) in [5.74, 6) is 0.962. The first-order valence-corrected chi connectivity index (χ1v) is 7.49. The van der Waals surface area contributed by atoms with Crippen LogP contribution in [0.4, 0.5) is 0 Å². The molecule has 0 aliphatic carbocycles. The van der Waals surface area contributed by atoms with Crippen molar-refractivity contribution in [3.8, 4) is 5.75 Å². The van der Waals surface area contributed by atoms with E-state index in [1.54, 1.807) is 7.11 Å². The maximum absolute atomic E-state index is 5.12. The van der Waals surface area contributed by atoms with E-state index in [-0.39, 0.29) is 32.8 Å². The molecule has 0 aromatic heterocycles. The summed E-state index contributed by atoms with van der Waals surface area (Å²) in [4.78, 5) is 0. The van der Waals surface area contributed by atoms with Gasteiger partial charge in [-0.05, 0) is 12.1 Å². The van der Waals surface area contributed by atoms with Gasteiger partial charge in [0.25, 0.3) is 0 Å². The van der Waals surface area contributed by atoms with E-state index >= 15 is 0 Å². The molecule has 0 amide bonds. The maximum Gasteiger partial charge on any atom is 0.370 e. The minimum absolute atomic E-state index is 0. The fourth-order valence-electron chi connectivity index (χ4n) is 1.55. The van der Waals surface area contributed by atoms with Gasteiger partial charge >= 0.3 is 20.4 Å². The lowest BCUT2D eigenvalue weighted by atomic mass is 10.2. The minimum Gasteiger partial charge on any atom is -0.497 e. The second-order valence-electron chi connectivity index (χ2n) is 3.66. The van der Waals surface area contributed by atoms with Crippen molar-refractivity contribution in [2.75, 3.05) is 7.11 Å². The molecule has 1 aromatic rings. The molecule has 0 atom stereocenters. The van der Waals surface area contributed by atoms with E-state index < -0.39 is 0 Å². The van der Waals surface area contributed by atoms with Crippen LogP contribution in [0.5, 0.6) is 5.75 Å². The number of hydrogen-bond donors (Lipinski definition) is 0. The number of benzene rings is 1. The Bertz CT molecular complexity index is 248. The second-order valence-corrected chi connectivity index (χ2v) is 5.57. The molecule has 0 saturated heterocycles. The van der Waals surface area contributed by atoms with Crippen molar-refractivity contribution in [1.82, 2.24) is 0 Å². The van der Waals surface area contributed by atoms with Crippen LogP contribution in [0, 0.1) is 0 Å². The molecule has 1 nitrogen and oxygen atoms in total. The van der Waals surface area contributed by atoms with Crippen molar-refractivity contribution in [3.05, 3.63) is 29.8 Å². The SMILES string of the molecule is CCC[CH2][Mg][CH2]c1ccc(OC)cc1.Cl. The van der Waals surface area contributed by atoms with E-state index in [0.717, 1.165) is 5.75 Å². The van der Waals surface area contributed by atoms with Crippen LogP contribution in [-0.4, -0.2) is 27.5 Å². The van der Waals surface area contributed by atoms with Gasteiger partial charge in [0.2, 0.25) is 0 Å². The highest BCUT2D eigenvalue weighted by molar-refractivity contribution is 6.34. The Kier molecular flexibility index (Phi) is 9.36. The lowest BCUT2D eigenvalue weighted by Crippen LogP contribution is -1.96. The van der Waals surface area contributed by atoms with Crippen molar-refractivity contribution in [2.45, 2.75) is 28.9 Å². The maximum atomic E-state index is 5.12. The second kappa shape index (κ2) is 9.31. The first-order valence-electron chi connectivity index (χ1n) is 5.49. The van der Waals surface area contributed by atoms with Crippen LogP contribution >= 0.6 is 12.4 Å². The molecule has 0 fully saturated rings. The summed E-state index contributed by atoms with van der Waals surface area (Å²) in [6, 6.07) is 8.50. The van der Waals surface area contributed by atoms with Crippen LogP contribution < -0.4 is 4.74 Å². The number of ether oxygens (including phenoxy) is 1. The summed E-state index contributed by atoms with van der Waals surface area (Å²) in [7, 11) is 1.71. The van der Waals surface area contributed by atoms with Gasteiger partial charge in [-0.25, -0.2) is 0 Å². The molecule has 0 unspecified atom stereocenters. The highest BCUT2D eigenvalue weighted by Gasteiger charge is 1.98. The van der Waals surface area contributed by atoms with Crippen molar-refractivity contribution in [3.63, 3.8) is 0 Å². The fourth-order valence-corrected chi connectivity index (χ4v) is 3.39. The average molecular weight is 239 g/mol. The summed E-state index contributed by atoms with van der Waals surface area (Å²) >= 11 is 0.143. The third-order valence-corrected chi connectivity index (χ3v) is 4.41. The number of hydrogen-bond acceptors (Lipinski definition) is 1. The third-order valence-electron chi connectivity index (χ3n) is 2.48. The molecular weight excluding hydrogens is 220 g/mol. The van der Waals surface area contributed by atoms with Gasteiger partial charge in [0, 0.05) is 0 Å². The topological polar surface area (TPSA) is 9.23 Å². The lowest BCUT2D eigenvalue weighted by Gasteiger charge is -2.02. The van der Waals surface area contributed by atoms with Crippen LogP contribution in [0.15, 0.2) is 24.3 Å². The van der Waals surface area contributed by atoms with Gasteiger partial charge in [-0.1, -0.05) is 37.5 Å². The van der Waals surface area contributed by atoms with Crippen molar-refractivity contribution < 1.29 is 4.74 Å². The average Bonchev–Trinajstić information content (AvgIpc) is 2.25. The van der Waals surface area contributed by atoms with E-state index in [1.807, 2.05) is 0 Å². The first-order chi connectivity index (χ1) is 6.86. The normalized spacial score (nSPS) is 8.93. The minimum atomic E-state index is 0. The zero-order valence-corrected chi connectivity index (χ0v) is 11.9. The smallest absolute Gasteiger partial charge is 0.370 e. The van der Waals surface area contributed by atoms with E-state index in [9.17, 15) is 0 Å². The summed E-state index contributed by atoms with van der Waals surface area (Å²) < 4.78 is 7.95. The highest BCUT2D eigenvalue weighted by Crippen LogP contribution is 2.11. The van der Waals surface area contributed by atoms with E-state index in [0.29, 0.717) is 0 Å². The lowest BCUT2D eigenvalue weighted by molar-refractivity contribution is 0.414. The predicted octanol–water partition coefficient (Wildman–Crippen LogP) is 3.54. The Morgan fingerprint density at radius 3 is 2.40 bits per heavy atom. The first kappa shape index (κ1) is 15.1. The zero-order valence-electron chi connectivity index (χ0n) is 9.66. The molecule has 1 aromatic carbocycles. The van der Waals surface area contributed by atoms with Crippen LogP contribution in [0.25, 0.3) is 0 Å². The van der Waals surface area contributed by atoms with Gasteiger partial charge in [0.05, 0.1) is 7.11 Å². The van der Waals surface area contributed by atoms with Gasteiger partial charge in [-0.15, -0.1) is 21.5 Å². The van der Waals surface area contributed by atoms with Crippen molar-refractivity contribution in [1.29, 1.82) is 0 Å². The predicted molar refractivity (Wildman–Crippen MR) is 69.4 cm³/mol. The standard InChI is InChI=1S/C8H9O.C4H9.ClH.Mg/c1-7-3-5-8(9-2)6-4-7;1-3-4-2;;/h3-6H,1H2,2H3;1,3-4H2,2H3;1H;. The van der Waals surface area contributed by atoms with Crippen LogP contribution in [0.1, 0.15) is 25.3 Å². The molecule has 3 heteroatoms. The molecule has 0 N–H and O–H groups in total. The van der Waals surface area contributed by atoms with E-state index in [2.05, 4.69) is 31.2 Å². The third kappa shape index (κ3) is 6.28.